The maximum Gasteiger partial charge on any atom is 0.306 e. The molecule has 0 radical (unpaired) electrons. The molecule has 0 N–H and O–H groups in total. The molecule has 0 aromatic heterocycles. The van der Waals surface area contributed by atoms with Gasteiger partial charge in [0, 0.05) is 19.3 Å². The maximum atomic E-state index is 12.5. The third-order valence-electron chi connectivity index (χ3n) is 7.96. The molecule has 0 spiro atoms. The molecule has 0 aliphatic rings. The van der Waals surface area contributed by atoms with Gasteiger partial charge in [0.1, 0.15) is 13.2 Å². The largest absolute Gasteiger partial charge is 0.462 e. The highest BCUT2D eigenvalue weighted by Gasteiger charge is 2.19. The van der Waals surface area contributed by atoms with Crippen LogP contribution in [0.4, 0.5) is 0 Å². The molecule has 0 aromatic carbocycles. The van der Waals surface area contributed by atoms with Gasteiger partial charge in [-0.1, -0.05) is 148 Å². The number of carbonyl (C=O) groups is 3. The fourth-order valence-corrected chi connectivity index (χ4v) is 5.04. The second kappa shape index (κ2) is 34.8. The average molecular weight is 635 g/mol. The van der Waals surface area contributed by atoms with Crippen LogP contribution in [0.3, 0.4) is 0 Å². The van der Waals surface area contributed by atoms with E-state index in [1.807, 2.05) is 0 Å². The van der Waals surface area contributed by atoms with Gasteiger partial charge in [-0.25, -0.2) is 0 Å². The molecule has 0 aromatic rings. The van der Waals surface area contributed by atoms with E-state index in [2.05, 4.69) is 45.1 Å². The lowest BCUT2D eigenvalue weighted by molar-refractivity contribution is -0.167. The molecule has 45 heavy (non-hydrogen) atoms. The molecule has 0 aliphatic carbocycles. The monoisotopic (exact) mass is 635 g/mol. The Morgan fingerprint density at radius 2 is 0.822 bits per heavy atom. The second-order valence-corrected chi connectivity index (χ2v) is 12.5. The Morgan fingerprint density at radius 1 is 0.444 bits per heavy atom. The number of ether oxygens (including phenoxy) is 3. The lowest BCUT2D eigenvalue weighted by atomic mass is 10.1. The van der Waals surface area contributed by atoms with Crippen LogP contribution in [0.15, 0.2) is 24.3 Å². The van der Waals surface area contributed by atoms with Crippen LogP contribution in [-0.2, 0) is 28.6 Å². The Balaban J connectivity index is 4.28. The minimum absolute atomic E-state index is 0.0756. The summed E-state index contributed by atoms with van der Waals surface area (Å²) in [5.74, 6) is -0.913. The van der Waals surface area contributed by atoms with Crippen molar-refractivity contribution in [3.05, 3.63) is 24.3 Å². The summed E-state index contributed by atoms with van der Waals surface area (Å²) in [6.45, 7) is 6.44. The van der Waals surface area contributed by atoms with Gasteiger partial charge >= 0.3 is 17.9 Å². The Bertz CT molecular complexity index is 744. The number of unbranched alkanes of at least 4 members (excludes halogenated alkanes) is 18. The lowest BCUT2D eigenvalue weighted by Crippen LogP contribution is -2.30. The van der Waals surface area contributed by atoms with Crippen LogP contribution in [-0.4, -0.2) is 37.2 Å². The zero-order valence-electron chi connectivity index (χ0n) is 29.6. The van der Waals surface area contributed by atoms with Crippen molar-refractivity contribution in [2.24, 2.45) is 0 Å². The quantitative estimate of drug-likeness (QED) is 0.0309. The molecule has 1 unspecified atom stereocenters. The van der Waals surface area contributed by atoms with Gasteiger partial charge in [0.2, 0.25) is 0 Å². The molecular formula is C39H70O6. The second-order valence-electron chi connectivity index (χ2n) is 12.5. The minimum Gasteiger partial charge on any atom is -0.462 e. The number of esters is 3. The summed E-state index contributed by atoms with van der Waals surface area (Å²) in [5, 5.41) is 0. The van der Waals surface area contributed by atoms with E-state index in [-0.39, 0.29) is 31.1 Å². The van der Waals surface area contributed by atoms with Crippen LogP contribution in [0, 0.1) is 0 Å². The van der Waals surface area contributed by atoms with Crippen molar-refractivity contribution in [3.8, 4) is 0 Å². The number of rotatable bonds is 33. The van der Waals surface area contributed by atoms with Crippen molar-refractivity contribution in [3.63, 3.8) is 0 Å². The Hall–Kier alpha value is -2.11. The summed E-state index contributed by atoms with van der Waals surface area (Å²) in [6, 6.07) is 0. The van der Waals surface area contributed by atoms with E-state index in [1.165, 1.54) is 64.2 Å². The standard InChI is InChI=1S/C39H70O6/c1-4-7-10-13-15-17-18-19-20-21-22-24-26-29-32-38(41)44-35-36(34-43-37(40)31-28-25-12-9-6-3)45-39(42)33-30-27-23-16-14-11-8-5-2/h13,15,18-19,36H,4-12,14,16-17,20-35H2,1-3H3/b15-13-,19-18-. The first-order valence-corrected chi connectivity index (χ1v) is 18.8. The fraction of sp³-hybridized carbons (Fsp3) is 0.821. The van der Waals surface area contributed by atoms with Crippen molar-refractivity contribution in [2.45, 2.75) is 194 Å². The first-order chi connectivity index (χ1) is 22.0. The molecule has 6 nitrogen and oxygen atoms in total. The van der Waals surface area contributed by atoms with E-state index in [1.54, 1.807) is 0 Å². The zero-order valence-corrected chi connectivity index (χ0v) is 29.6. The van der Waals surface area contributed by atoms with E-state index in [0.717, 1.165) is 83.5 Å². The van der Waals surface area contributed by atoms with Crippen LogP contribution < -0.4 is 0 Å². The Kier molecular flexibility index (Phi) is 33.1. The predicted octanol–water partition coefficient (Wildman–Crippen LogP) is 11.3. The van der Waals surface area contributed by atoms with Crippen LogP contribution in [0.1, 0.15) is 188 Å². The van der Waals surface area contributed by atoms with E-state index >= 15 is 0 Å². The Morgan fingerprint density at radius 3 is 1.29 bits per heavy atom. The molecule has 0 rings (SSSR count). The zero-order chi connectivity index (χ0) is 33.1. The summed E-state index contributed by atoms with van der Waals surface area (Å²) in [5.41, 5.74) is 0. The molecular weight excluding hydrogens is 564 g/mol. The molecule has 0 saturated carbocycles. The van der Waals surface area contributed by atoms with Crippen molar-refractivity contribution in [1.29, 1.82) is 0 Å². The van der Waals surface area contributed by atoms with Gasteiger partial charge in [-0.3, -0.25) is 14.4 Å². The topological polar surface area (TPSA) is 78.9 Å². The van der Waals surface area contributed by atoms with Gasteiger partial charge in [0.15, 0.2) is 6.10 Å². The van der Waals surface area contributed by atoms with Crippen molar-refractivity contribution < 1.29 is 28.6 Å². The van der Waals surface area contributed by atoms with Gasteiger partial charge in [0.25, 0.3) is 0 Å². The van der Waals surface area contributed by atoms with Crippen molar-refractivity contribution >= 4 is 17.9 Å². The molecule has 1 atom stereocenters. The highest BCUT2D eigenvalue weighted by atomic mass is 16.6. The molecule has 0 saturated heterocycles. The summed E-state index contributed by atoms with van der Waals surface area (Å²) in [6.07, 6.45) is 34.8. The lowest BCUT2D eigenvalue weighted by Gasteiger charge is -2.18. The van der Waals surface area contributed by atoms with Crippen molar-refractivity contribution in [2.75, 3.05) is 13.2 Å². The van der Waals surface area contributed by atoms with E-state index in [0.29, 0.717) is 19.3 Å². The molecule has 6 heteroatoms. The smallest absolute Gasteiger partial charge is 0.306 e. The third-order valence-corrected chi connectivity index (χ3v) is 7.96. The van der Waals surface area contributed by atoms with Gasteiger partial charge in [0.05, 0.1) is 0 Å². The number of hydrogen-bond acceptors (Lipinski definition) is 6. The van der Waals surface area contributed by atoms with E-state index < -0.39 is 6.10 Å². The predicted molar refractivity (Wildman–Crippen MR) is 187 cm³/mol. The molecule has 262 valence electrons. The first-order valence-electron chi connectivity index (χ1n) is 18.8. The van der Waals surface area contributed by atoms with Crippen molar-refractivity contribution in [1.82, 2.24) is 0 Å². The molecule has 0 aliphatic heterocycles. The van der Waals surface area contributed by atoms with E-state index in [4.69, 9.17) is 14.2 Å². The van der Waals surface area contributed by atoms with Gasteiger partial charge in [-0.05, 0) is 44.9 Å². The van der Waals surface area contributed by atoms with Crippen LogP contribution >= 0.6 is 0 Å². The highest BCUT2D eigenvalue weighted by Crippen LogP contribution is 2.12. The summed E-state index contributed by atoms with van der Waals surface area (Å²) in [4.78, 5) is 37.1. The van der Waals surface area contributed by atoms with E-state index in [9.17, 15) is 14.4 Å². The fourth-order valence-electron chi connectivity index (χ4n) is 5.04. The maximum absolute atomic E-state index is 12.5. The molecule has 0 heterocycles. The van der Waals surface area contributed by atoms with Gasteiger partial charge in [-0.2, -0.15) is 0 Å². The molecule has 0 bridgehead atoms. The SMILES string of the molecule is CCCC/C=C\C/C=C\CCCCCCCC(=O)OCC(COC(=O)CCCCCCC)OC(=O)CCCCCCCCCC. The van der Waals surface area contributed by atoms with Crippen LogP contribution in [0.5, 0.6) is 0 Å². The Labute approximate surface area is 277 Å². The minimum atomic E-state index is -0.764. The summed E-state index contributed by atoms with van der Waals surface area (Å²) in [7, 11) is 0. The summed E-state index contributed by atoms with van der Waals surface area (Å²) >= 11 is 0. The normalized spacial score (nSPS) is 12.2. The number of hydrogen-bond donors (Lipinski definition) is 0. The first kappa shape index (κ1) is 42.9. The average Bonchev–Trinajstić information content (AvgIpc) is 3.03. The molecule has 0 fully saturated rings. The number of allylic oxidation sites excluding steroid dienone is 4. The third kappa shape index (κ3) is 33.1. The van der Waals surface area contributed by atoms with Crippen LogP contribution in [0.25, 0.3) is 0 Å². The van der Waals surface area contributed by atoms with Crippen LogP contribution in [0.2, 0.25) is 0 Å². The summed E-state index contributed by atoms with van der Waals surface area (Å²) < 4.78 is 16.4. The highest BCUT2D eigenvalue weighted by molar-refractivity contribution is 5.71. The molecule has 0 amide bonds. The van der Waals surface area contributed by atoms with Gasteiger partial charge < -0.3 is 14.2 Å². The van der Waals surface area contributed by atoms with Gasteiger partial charge in [-0.15, -0.1) is 0 Å². The number of carbonyl (C=O) groups excluding carboxylic acids is 3.